The molecule has 5 heteroatoms. The van der Waals surface area contributed by atoms with Gasteiger partial charge in [-0.15, -0.1) is 6.58 Å². The van der Waals surface area contributed by atoms with Crippen LogP contribution in [-0.4, -0.2) is 27.8 Å². The molecule has 0 fully saturated rings. The fourth-order valence-electron chi connectivity index (χ4n) is 0.606. The molecule has 0 saturated carbocycles. The van der Waals surface area contributed by atoms with Gasteiger partial charge in [0.25, 0.3) is 0 Å². The van der Waals surface area contributed by atoms with Crippen LogP contribution in [0.2, 0.25) is 0 Å². The van der Waals surface area contributed by atoms with Crippen LogP contribution in [0.25, 0.3) is 0 Å². The van der Waals surface area contributed by atoms with Crippen molar-refractivity contribution in [2.24, 2.45) is 0 Å². The highest BCUT2D eigenvalue weighted by molar-refractivity contribution is 6.01. The Balaban J connectivity index is 4.50. The number of hydrogen-bond donors (Lipinski definition) is 2. The van der Waals surface area contributed by atoms with Gasteiger partial charge in [-0.25, -0.2) is 14.0 Å². The molecule has 0 aromatic rings. The molecule has 0 amide bonds. The maximum Gasteiger partial charge on any atom is 0.353 e. The summed E-state index contributed by atoms with van der Waals surface area (Å²) in [5.41, 5.74) is -3.19. The highest BCUT2D eigenvalue weighted by atomic mass is 19.1. The van der Waals surface area contributed by atoms with Crippen LogP contribution in [-0.2, 0) is 9.59 Å². The van der Waals surface area contributed by atoms with Crippen molar-refractivity contribution in [1.29, 1.82) is 0 Å². The van der Waals surface area contributed by atoms with Crippen LogP contribution < -0.4 is 0 Å². The van der Waals surface area contributed by atoms with E-state index in [1.54, 1.807) is 0 Å². The van der Waals surface area contributed by atoms with Gasteiger partial charge in [0.1, 0.15) is 0 Å². The first kappa shape index (κ1) is 10.6. The predicted molar refractivity (Wildman–Crippen MR) is 38.5 cm³/mol. The molecular formula is C7H9FO4. The van der Waals surface area contributed by atoms with E-state index in [2.05, 4.69) is 6.58 Å². The van der Waals surface area contributed by atoms with Crippen molar-refractivity contribution in [3.63, 3.8) is 0 Å². The molecule has 0 aliphatic rings. The Bertz CT molecular complexity index is 197. The molecule has 68 valence electrons. The van der Waals surface area contributed by atoms with E-state index in [0.29, 0.717) is 0 Å². The SMILES string of the molecule is C=CCCC(F)(C(=O)O)C(=O)O. The summed E-state index contributed by atoms with van der Waals surface area (Å²) < 4.78 is 13.0. The number of rotatable bonds is 5. The quantitative estimate of drug-likeness (QED) is 0.480. The summed E-state index contributed by atoms with van der Waals surface area (Å²) in [7, 11) is 0. The Labute approximate surface area is 68.3 Å². The molecule has 0 unspecified atom stereocenters. The van der Waals surface area contributed by atoms with Gasteiger partial charge in [0.05, 0.1) is 0 Å². The first-order valence-electron chi connectivity index (χ1n) is 3.21. The zero-order valence-corrected chi connectivity index (χ0v) is 6.29. The molecular weight excluding hydrogens is 167 g/mol. The first-order chi connectivity index (χ1) is 5.45. The summed E-state index contributed by atoms with van der Waals surface area (Å²) >= 11 is 0. The van der Waals surface area contributed by atoms with E-state index in [1.165, 1.54) is 6.08 Å². The second-order valence-corrected chi connectivity index (χ2v) is 2.24. The fourth-order valence-corrected chi connectivity index (χ4v) is 0.606. The summed E-state index contributed by atoms with van der Waals surface area (Å²) in [6.45, 7) is 3.23. The van der Waals surface area contributed by atoms with Gasteiger partial charge in [-0.05, 0) is 6.42 Å². The number of carboxylic acid groups (broad SMARTS) is 2. The summed E-state index contributed by atoms with van der Waals surface area (Å²) in [6.07, 6.45) is 0.677. The van der Waals surface area contributed by atoms with E-state index >= 15 is 0 Å². The average molecular weight is 176 g/mol. The van der Waals surface area contributed by atoms with Crippen LogP contribution in [0.5, 0.6) is 0 Å². The monoisotopic (exact) mass is 176 g/mol. The molecule has 12 heavy (non-hydrogen) atoms. The van der Waals surface area contributed by atoms with Crippen molar-refractivity contribution in [3.05, 3.63) is 12.7 Å². The molecule has 2 N–H and O–H groups in total. The van der Waals surface area contributed by atoms with Crippen molar-refractivity contribution in [1.82, 2.24) is 0 Å². The second-order valence-electron chi connectivity index (χ2n) is 2.24. The van der Waals surface area contributed by atoms with E-state index in [-0.39, 0.29) is 6.42 Å². The third-order valence-corrected chi connectivity index (χ3v) is 1.37. The summed E-state index contributed by atoms with van der Waals surface area (Å²) in [5, 5.41) is 16.5. The molecule has 0 aromatic carbocycles. The molecule has 0 radical (unpaired) electrons. The van der Waals surface area contributed by atoms with E-state index < -0.39 is 24.0 Å². The smallest absolute Gasteiger partial charge is 0.353 e. The van der Waals surface area contributed by atoms with E-state index in [0.717, 1.165) is 0 Å². The minimum Gasteiger partial charge on any atom is -0.478 e. The summed E-state index contributed by atoms with van der Waals surface area (Å²) in [6, 6.07) is 0. The van der Waals surface area contributed by atoms with Gasteiger partial charge in [0.15, 0.2) is 0 Å². The normalized spacial score (nSPS) is 10.8. The molecule has 0 atom stereocenters. The molecule has 0 spiro atoms. The number of allylic oxidation sites excluding steroid dienone is 1. The van der Waals surface area contributed by atoms with Crippen LogP contribution in [0, 0.1) is 0 Å². The van der Waals surface area contributed by atoms with Crippen LogP contribution in [0.3, 0.4) is 0 Å². The standard InChI is InChI=1S/C7H9FO4/c1-2-3-4-7(8,5(9)10)6(11)12/h2H,1,3-4H2,(H,9,10)(H,11,12). The molecule has 0 bridgehead atoms. The molecule has 0 aromatic heterocycles. The number of hydrogen-bond acceptors (Lipinski definition) is 2. The van der Waals surface area contributed by atoms with Crippen molar-refractivity contribution in [2.45, 2.75) is 18.5 Å². The zero-order valence-electron chi connectivity index (χ0n) is 6.29. The van der Waals surface area contributed by atoms with Crippen molar-refractivity contribution in [2.75, 3.05) is 0 Å². The number of carbonyl (C=O) groups is 2. The minimum absolute atomic E-state index is 0.00903. The molecule has 0 aliphatic carbocycles. The molecule has 0 heterocycles. The Morgan fingerprint density at radius 3 is 2.08 bits per heavy atom. The fraction of sp³-hybridized carbons (Fsp3) is 0.429. The van der Waals surface area contributed by atoms with Gasteiger partial charge in [0, 0.05) is 6.42 Å². The highest BCUT2D eigenvalue weighted by Crippen LogP contribution is 2.19. The van der Waals surface area contributed by atoms with Crippen molar-refractivity contribution >= 4 is 11.9 Å². The molecule has 0 rings (SSSR count). The van der Waals surface area contributed by atoms with E-state index in [1.807, 2.05) is 0 Å². The average Bonchev–Trinajstić information content (AvgIpc) is 1.99. The maximum absolute atomic E-state index is 13.0. The Kier molecular flexibility index (Phi) is 3.40. The third kappa shape index (κ3) is 2.05. The molecule has 4 nitrogen and oxygen atoms in total. The largest absolute Gasteiger partial charge is 0.478 e. The van der Waals surface area contributed by atoms with Gasteiger partial charge < -0.3 is 10.2 Å². The van der Waals surface area contributed by atoms with Crippen LogP contribution >= 0.6 is 0 Å². The van der Waals surface area contributed by atoms with Crippen LogP contribution in [0.15, 0.2) is 12.7 Å². The molecule has 0 aliphatic heterocycles. The van der Waals surface area contributed by atoms with Crippen molar-refractivity contribution < 1.29 is 24.2 Å². The van der Waals surface area contributed by atoms with Gasteiger partial charge in [-0.1, -0.05) is 6.08 Å². The number of alkyl halides is 1. The summed E-state index contributed by atoms with van der Waals surface area (Å²) in [5.74, 6) is -3.95. The van der Waals surface area contributed by atoms with Gasteiger partial charge in [0.2, 0.25) is 0 Å². The van der Waals surface area contributed by atoms with Gasteiger partial charge in [-0.2, -0.15) is 0 Å². The lowest BCUT2D eigenvalue weighted by Gasteiger charge is -2.13. The van der Waals surface area contributed by atoms with Crippen LogP contribution in [0.1, 0.15) is 12.8 Å². The topological polar surface area (TPSA) is 74.6 Å². The lowest BCUT2D eigenvalue weighted by atomic mass is 10.0. The highest BCUT2D eigenvalue weighted by Gasteiger charge is 2.46. The third-order valence-electron chi connectivity index (χ3n) is 1.37. The second kappa shape index (κ2) is 3.85. The zero-order chi connectivity index (χ0) is 9.78. The Morgan fingerprint density at radius 1 is 1.42 bits per heavy atom. The number of halogens is 1. The Hall–Kier alpha value is -1.39. The lowest BCUT2D eigenvalue weighted by molar-refractivity contribution is -0.167. The number of carboxylic acids is 2. The Morgan fingerprint density at radius 2 is 1.83 bits per heavy atom. The first-order valence-corrected chi connectivity index (χ1v) is 3.21. The van der Waals surface area contributed by atoms with Gasteiger partial charge >= 0.3 is 17.6 Å². The molecule has 0 saturated heterocycles. The summed E-state index contributed by atoms with van der Waals surface area (Å²) in [4.78, 5) is 20.4. The lowest BCUT2D eigenvalue weighted by Crippen LogP contribution is -2.42. The number of aliphatic carboxylic acids is 2. The van der Waals surface area contributed by atoms with Crippen LogP contribution in [0.4, 0.5) is 4.39 Å². The van der Waals surface area contributed by atoms with E-state index in [4.69, 9.17) is 10.2 Å². The van der Waals surface area contributed by atoms with E-state index in [9.17, 15) is 14.0 Å². The van der Waals surface area contributed by atoms with Gasteiger partial charge in [-0.3, -0.25) is 0 Å². The minimum atomic E-state index is -3.19. The maximum atomic E-state index is 13.0. The van der Waals surface area contributed by atoms with Crippen molar-refractivity contribution in [3.8, 4) is 0 Å². The predicted octanol–water partition coefficient (Wildman–Crippen LogP) is 0.830.